The van der Waals surface area contributed by atoms with Crippen molar-refractivity contribution in [1.29, 1.82) is 0 Å². The van der Waals surface area contributed by atoms with Gasteiger partial charge in [-0.2, -0.15) is 0 Å². The van der Waals surface area contributed by atoms with E-state index in [1.165, 1.54) is 0 Å². The summed E-state index contributed by atoms with van der Waals surface area (Å²) in [6.07, 6.45) is 0.225. The molecule has 86 valence electrons. The van der Waals surface area contributed by atoms with E-state index in [9.17, 15) is 0 Å². The van der Waals surface area contributed by atoms with Crippen LogP contribution in [0.3, 0.4) is 0 Å². The van der Waals surface area contributed by atoms with Crippen LogP contribution in [0.15, 0.2) is 23.4 Å². The third-order valence-corrected chi connectivity index (χ3v) is 3.44. The lowest BCUT2D eigenvalue weighted by Crippen LogP contribution is -2.07. The molecule has 4 nitrogen and oxygen atoms in total. The summed E-state index contributed by atoms with van der Waals surface area (Å²) < 4.78 is 5.18. The highest BCUT2D eigenvalue weighted by atomic mass is 32.2. The van der Waals surface area contributed by atoms with Gasteiger partial charge in [0.25, 0.3) is 0 Å². The molecule has 0 amide bonds. The largest absolute Gasteiger partial charge is 0.399 e. The van der Waals surface area contributed by atoms with Gasteiger partial charge in [0.15, 0.2) is 5.16 Å². The van der Waals surface area contributed by atoms with Gasteiger partial charge in [0.05, 0.1) is 17.1 Å². The fraction of sp³-hybridized carbons (Fsp3) is 0.364. The van der Waals surface area contributed by atoms with E-state index in [4.69, 9.17) is 10.5 Å². The topological polar surface area (TPSA) is 63.9 Å². The Labute approximate surface area is 98.6 Å². The third kappa shape index (κ3) is 2.48. The first-order valence-electron chi connectivity index (χ1n) is 5.10. The van der Waals surface area contributed by atoms with Crippen molar-refractivity contribution in [3.8, 4) is 0 Å². The number of fused-ring (bicyclic) bond motifs is 1. The summed E-state index contributed by atoms with van der Waals surface area (Å²) in [6.45, 7) is 2.04. The van der Waals surface area contributed by atoms with Crippen molar-refractivity contribution in [2.75, 3.05) is 18.6 Å². The van der Waals surface area contributed by atoms with Crippen molar-refractivity contribution in [2.24, 2.45) is 0 Å². The molecule has 1 atom stereocenters. The second-order valence-electron chi connectivity index (χ2n) is 3.68. The van der Waals surface area contributed by atoms with Crippen LogP contribution in [-0.2, 0) is 4.74 Å². The van der Waals surface area contributed by atoms with Crippen molar-refractivity contribution >= 4 is 28.5 Å². The van der Waals surface area contributed by atoms with E-state index < -0.39 is 0 Å². The summed E-state index contributed by atoms with van der Waals surface area (Å²) >= 11 is 1.65. The maximum atomic E-state index is 5.70. The Morgan fingerprint density at radius 2 is 2.38 bits per heavy atom. The van der Waals surface area contributed by atoms with Crippen LogP contribution in [-0.4, -0.2) is 28.9 Å². The molecule has 5 heteroatoms. The minimum absolute atomic E-state index is 0.225. The number of nitrogen functional groups attached to an aromatic ring is 1. The lowest BCUT2D eigenvalue weighted by molar-refractivity contribution is 0.138. The fourth-order valence-corrected chi connectivity index (χ4v) is 2.21. The summed E-state index contributed by atoms with van der Waals surface area (Å²) in [5, 5.41) is 0.907. The maximum absolute atomic E-state index is 5.70. The van der Waals surface area contributed by atoms with Crippen LogP contribution in [0.4, 0.5) is 5.69 Å². The van der Waals surface area contributed by atoms with Gasteiger partial charge in [-0.15, -0.1) is 0 Å². The number of aromatic nitrogens is 2. The molecule has 0 radical (unpaired) electrons. The molecule has 3 N–H and O–H groups in total. The first-order chi connectivity index (χ1) is 7.69. The van der Waals surface area contributed by atoms with E-state index >= 15 is 0 Å². The van der Waals surface area contributed by atoms with E-state index in [0.717, 1.165) is 27.6 Å². The van der Waals surface area contributed by atoms with E-state index in [1.54, 1.807) is 18.9 Å². The number of rotatable bonds is 4. The van der Waals surface area contributed by atoms with Gasteiger partial charge in [-0.25, -0.2) is 4.98 Å². The quantitative estimate of drug-likeness (QED) is 0.632. The Morgan fingerprint density at radius 1 is 1.56 bits per heavy atom. The average Bonchev–Trinajstić information content (AvgIpc) is 2.67. The van der Waals surface area contributed by atoms with E-state index in [1.807, 2.05) is 25.1 Å². The summed E-state index contributed by atoms with van der Waals surface area (Å²) in [5.41, 5.74) is 8.38. The Balaban J connectivity index is 2.13. The van der Waals surface area contributed by atoms with Crippen LogP contribution >= 0.6 is 11.8 Å². The van der Waals surface area contributed by atoms with Gasteiger partial charge in [-0.3, -0.25) is 0 Å². The summed E-state index contributed by atoms with van der Waals surface area (Å²) in [5.74, 6) is 0.881. The molecule has 16 heavy (non-hydrogen) atoms. The summed E-state index contributed by atoms with van der Waals surface area (Å²) in [7, 11) is 1.71. The minimum atomic E-state index is 0.225. The zero-order valence-corrected chi connectivity index (χ0v) is 10.2. The standard InChI is InChI=1S/C11H15N3OS/c1-7(15-2)6-16-11-13-9-4-3-8(12)5-10(9)14-11/h3-5,7H,6,12H2,1-2H3,(H,13,14). The van der Waals surface area contributed by atoms with Gasteiger partial charge in [0, 0.05) is 18.6 Å². The van der Waals surface area contributed by atoms with E-state index in [2.05, 4.69) is 9.97 Å². The predicted octanol–water partition coefficient (Wildman–Crippen LogP) is 2.27. The second kappa shape index (κ2) is 4.76. The second-order valence-corrected chi connectivity index (χ2v) is 4.68. The molecule has 1 heterocycles. The summed E-state index contributed by atoms with van der Waals surface area (Å²) in [4.78, 5) is 7.69. The molecule has 0 saturated carbocycles. The fourth-order valence-electron chi connectivity index (χ4n) is 1.34. The first-order valence-corrected chi connectivity index (χ1v) is 6.08. The lowest BCUT2D eigenvalue weighted by Gasteiger charge is -2.06. The molecule has 0 aliphatic heterocycles. The summed E-state index contributed by atoms with van der Waals surface area (Å²) in [6, 6.07) is 5.67. The molecule has 0 aliphatic rings. The van der Waals surface area contributed by atoms with Crippen LogP contribution in [0.5, 0.6) is 0 Å². The highest BCUT2D eigenvalue weighted by Crippen LogP contribution is 2.21. The highest BCUT2D eigenvalue weighted by Gasteiger charge is 2.06. The molecule has 0 bridgehead atoms. The van der Waals surface area contributed by atoms with Gasteiger partial charge in [0.2, 0.25) is 0 Å². The molecule has 0 spiro atoms. The number of thioether (sulfide) groups is 1. The van der Waals surface area contributed by atoms with Gasteiger partial charge >= 0.3 is 0 Å². The number of hydrogen-bond donors (Lipinski definition) is 2. The first kappa shape index (κ1) is 11.3. The van der Waals surface area contributed by atoms with Crippen LogP contribution in [0.25, 0.3) is 11.0 Å². The highest BCUT2D eigenvalue weighted by molar-refractivity contribution is 7.99. The number of ether oxygens (including phenoxy) is 1. The number of hydrogen-bond acceptors (Lipinski definition) is 4. The van der Waals surface area contributed by atoms with Crippen LogP contribution < -0.4 is 5.73 Å². The molecule has 1 aromatic carbocycles. The zero-order valence-electron chi connectivity index (χ0n) is 9.36. The smallest absolute Gasteiger partial charge is 0.166 e. The number of H-pyrrole nitrogens is 1. The number of anilines is 1. The Bertz CT molecular complexity index is 483. The Morgan fingerprint density at radius 3 is 3.12 bits per heavy atom. The van der Waals surface area contributed by atoms with Crippen molar-refractivity contribution in [3.63, 3.8) is 0 Å². The Hall–Kier alpha value is -1.20. The minimum Gasteiger partial charge on any atom is -0.399 e. The molecule has 0 saturated heterocycles. The maximum Gasteiger partial charge on any atom is 0.166 e. The number of imidazole rings is 1. The molecule has 2 aromatic rings. The van der Waals surface area contributed by atoms with Crippen molar-refractivity contribution in [1.82, 2.24) is 9.97 Å². The SMILES string of the molecule is COC(C)CSc1nc2ccc(N)cc2[nH]1. The zero-order chi connectivity index (χ0) is 11.5. The molecule has 0 aliphatic carbocycles. The van der Waals surface area contributed by atoms with E-state index in [0.29, 0.717) is 0 Å². The van der Waals surface area contributed by atoms with Gasteiger partial charge in [-0.05, 0) is 25.1 Å². The molecular weight excluding hydrogens is 222 g/mol. The predicted molar refractivity (Wildman–Crippen MR) is 67.7 cm³/mol. The average molecular weight is 237 g/mol. The van der Waals surface area contributed by atoms with Gasteiger partial charge in [0.1, 0.15) is 0 Å². The normalized spacial score (nSPS) is 13.1. The number of nitrogens with zero attached hydrogens (tertiary/aromatic N) is 1. The number of benzene rings is 1. The molecule has 1 unspecified atom stereocenters. The number of methoxy groups -OCH3 is 1. The van der Waals surface area contributed by atoms with Crippen LogP contribution in [0.1, 0.15) is 6.92 Å². The Kier molecular flexibility index (Phi) is 3.36. The van der Waals surface area contributed by atoms with Crippen molar-refractivity contribution in [3.05, 3.63) is 18.2 Å². The number of nitrogens with two attached hydrogens (primary N) is 1. The van der Waals surface area contributed by atoms with E-state index in [-0.39, 0.29) is 6.10 Å². The molecule has 1 aromatic heterocycles. The molecule has 2 rings (SSSR count). The molecular formula is C11H15N3OS. The van der Waals surface area contributed by atoms with Crippen LogP contribution in [0, 0.1) is 0 Å². The lowest BCUT2D eigenvalue weighted by atomic mass is 10.3. The van der Waals surface area contributed by atoms with Gasteiger partial charge in [-0.1, -0.05) is 11.8 Å². The third-order valence-electron chi connectivity index (χ3n) is 2.34. The monoisotopic (exact) mass is 237 g/mol. The number of aromatic amines is 1. The van der Waals surface area contributed by atoms with Crippen molar-refractivity contribution in [2.45, 2.75) is 18.2 Å². The van der Waals surface area contributed by atoms with Crippen LogP contribution in [0.2, 0.25) is 0 Å². The number of nitrogens with one attached hydrogen (secondary N) is 1. The van der Waals surface area contributed by atoms with Crippen molar-refractivity contribution < 1.29 is 4.74 Å². The van der Waals surface area contributed by atoms with Gasteiger partial charge < -0.3 is 15.5 Å². The molecule has 0 fully saturated rings.